The highest BCUT2D eigenvalue weighted by Gasteiger charge is 2.49. The van der Waals surface area contributed by atoms with E-state index in [1.807, 2.05) is 23.1 Å². The number of rotatable bonds is 3. The van der Waals surface area contributed by atoms with Gasteiger partial charge in [-0.2, -0.15) is 15.2 Å². The first-order valence-electron chi connectivity index (χ1n) is 11.2. The number of piperazine rings is 1. The Morgan fingerprint density at radius 1 is 1.33 bits per heavy atom. The summed E-state index contributed by atoms with van der Waals surface area (Å²) in [7, 11) is 1.53. The number of hydrogen-bond donors (Lipinski definition) is 1. The van der Waals surface area contributed by atoms with Gasteiger partial charge in [0.15, 0.2) is 5.82 Å². The van der Waals surface area contributed by atoms with E-state index in [2.05, 4.69) is 27.4 Å². The molecule has 0 radical (unpaired) electrons. The molecule has 9 heteroatoms. The molecule has 2 atom stereocenters. The fourth-order valence-electron chi connectivity index (χ4n) is 5.50. The molecule has 1 fully saturated rings. The Morgan fingerprint density at radius 3 is 2.91 bits per heavy atom. The van der Waals surface area contributed by atoms with E-state index in [-0.39, 0.29) is 30.3 Å². The molecule has 9 nitrogen and oxygen atoms in total. The van der Waals surface area contributed by atoms with E-state index in [0.29, 0.717) is 37.6 Å². The first-order valence-corrected chi connectivity index (χ1v) is 11.2. The molecule has 5 rings (SSSR count). The molecule has 1 N–H and O–H groups in total. The van der Waals surface area contributed by atoms with Crippen LogP contribution in [-0.4, -0.2) is 59.5 Å². The van der Waals surface area contributed by atoms with Crippen LogP contribution >= 0.6 is 0 Å². The van der Waals surface area contributed by atoms with Gasteiger partial charge in [0.25, 0.3) is 0 Å². The minimum atomic E-state index is -0.642. The number of nitrogens with zero attached hydrogens (tertiary/aromatic N) is 5. The number of carbonyl (C=O) groups excluding carboxylic acids is 2. The second-order valence-electron chi connectivity index (χ2n) is 8.90. The molecule has 170 valence electrons. The summed E-state index contributed by atoms with van der Waals surface area (Å²) >= 11 is 0. The van der Waals surface area contributed by atoms with Gasteiger partial charge in [-0.15, -0.1) is 0 Å². The molecule has 0 bridgehead atoms. The van der Waals surface area contributed by atoms with Crippen LogP contribution in [0.5, 0.6) is 6.01 Å². The smallest absolute Gasteiger partial charge is 0.318 e. The third kappa shape index (κ3) is 3.37. The van der Waals surface area contributed by atoms with Crippen LogP contribution in [0.3, 0.4) is 0 Å². The number of amides is 2. The highest BCUT2D eigenvalue weighted by atomic mass is 16.5. The Balaban J connectivity index is 1.53. The van der Waals surface area contributed by atoms with Gasteiger partial charge in [0.2, 0.25) is 11.8 Å². The number of methoxy groups -OCH3 is 1. The van der Waals surface area contributed by atoms with Crippen LogP contribution < -0.4 is 15.0 Å². The molecule has 2 aromatic rings. The number of nitrogens with one attached hydrogen (secondary N) is 1. The van der Waals surface area contributed by atoms with Crippen molar-refractivity contribution >= 4 is 23.3 Å². The second-order valence-corrected chi connectivity index (χ2v) is 8.90. The minimum absolute atomic E-state index is 0.0362. The third-order valence-corrected chi connectivity index (χ3v) is 7.14. The summed E-state index contributed by atoms with van der Waals surface area (Å²) < 4.78 is 5.41. The molecular formula is C24H26N6O3. The molecule has 1 saturated heterocycles. The first kappa shape index (κ1) is 21.2. The maximum absolute atomic E-state index is 13.5. The van der Waals surface area contributed by atoms with E-state index in [4.69, 9.17) is 4.74 Å². The van der Waals surface area contributed by atoms with Gasteiger partial charge in [-0.25, -0.2) is 0 Å². The number of anilines is 2. The van der Waals surface area contributed by atoms with Crippen molar-refractivity contribution in [1.29, 1.82) is 5.26 Å². The van der Waals surface area contributed by atoms with Crippen molar-refractivity contribution in [2.75, 3.05) is 37.0 Å². The number of ether oxygens (including phenoxy) is 1. The summed E-state index contributed by atoms with van der Waals surface area (Å²) in [4.78, 5) is 38.5. The normalized spacial score (nSPS) is 23.5. The van der Waals surface area contributed by atoms with Crippen molar-refractivity contribution in [2.45, 2.75) is 44.1 Å². The van der Waals surface area contributed by atoms with E-state index < -0.39 is 5.41 Å². The maximum atomic E-state index is 13.5. The average Bonchev–Trinajstić information content (AvgIpc) is 3.18. The number of fused-ring (bicyclic) bond motifs is 3. The van der Waals surface area contributed by atoms with E-state index in [0.717, 1.165) is 24.1 Å². The molecule has 2 aliphatic heterocycles. The molecule has 1 spiro atoms. The van der Waals surface area contributed by atoms with Crippen LogP contribution in [0, 0.1) is 11.3 Å². The molecule has 2 amide bonds. The van der Waals surface area contributed by atoms with Crippen molar-refractivity contribution in [3.63, 3.8) is 0 Å². The summed E-state index contributed by atoms with van der Waals surface area (Å²) in [5.74, 6) is 0.496. The van der Waals surface area contributed by atoms with Gasteiger partial charge in [-0.1, -0.05) is 24.3 Å². The van der Waals surface area contributed by atoms with Crippen LogP contribution in [-0.2, 0) is 27.8 Å². The Bertz CT molecular complexity index is 1180. The second kappa shape index (κ2) is 8.03. The molecule has 1 aromatic carbocycles. The van der Waals surface area contributed by atoms with Gasteiger partial charge in [-0.3, -0.25) is 9.59 Å². The topological polar surface area (TPSA) is 111 Å². The number of carbonyl (C=O) groups is 2. The third-order valence-electron chi connectivity index (χ3n) is 7.14. The fourth-order valence-corrected chi connectivity index (χ4v) is 5.50. The van der Waals surface area contributed by atoms with Crippen LogP contribution in [0.15, 0.2) is 24.3 Å². The predicted molar refractivity (Wildman–Crippen MR) is 121 cm³/mol. The van der Waals surface area contributed by atoms with Gasteiger partial charge < -0.3 is 19.9 Å². The molecule has 0 saturated carbocycles. The highest BCUT2D eigenvalue weighted by molar-refractivity contribution is 6.04. The lowest BCUT2D eigenvalue weighted by molar-refractivity contribution is -0.131. The van der Waals surface area contributed by atoms with Gasteiger partial charge in [-0.05, 0) is 24.0 Å². The van der Waals surface area contributed by atoms with Crippen molar-refractivity contribution < 1.29 is 14.3 Å². The molecule has 1 aromatic heterocycles. The standard InChI is InChI=1S/C24H26N6O3/c1-15(31)30-12-11-29(14-17(30)8-10-25)21-20-19(26-23(28-21)33-2)13-24(22(32)27-20)9-7-16-5-3-4-6-18(16)24/h3-6,17H,7-9,11-14H2,1-2H3,(H,27,32). The lowest BCUT2D eigenvalue weighted by Crippen LogP contribution is -2.55. The fraction of sp³-hybridized carbons (Fsp3) is 0.458. The summed E-state index contributed by atoms with van der Waals surface area (Å²) in [6, 6.07) is 10.3. The van der Waals surface area contributed by atoms with Gasteiger partial charge >= 0.3 is 6.01 Å². The minimum Gasteiger partial charge on any atom is -0.467 e. The van der Waals surface area contributed by atoms with Crippen molar-refractivity contribution in [3.8, 4) is 12.1 Å². The summed E-state index contributed by atoms with van der Waals surface area (Å²) in [6.07, 6.45) is 2.30. The maximum Gasteiger partial charge on any atom is 0.318 e. The van der Waals surface area contributed by atoms with E-state index in [1.54, 1.807) is 4.90 Å². The van der Waals surface area contributed by atoms with Crippen molar-refractivity contribution in [2.24, 2.45) is 0 Å². The molecule has 3 heterocycles. The molecule has 2 unspecified atom stereocenters. The van der Waals surface area contributed by atoms with Gasteiger partial charge in [0, 0.05) is 33.0 Å². The average molecular weight is 447 g/mol. The number of aryl methyl sites for hydroxylation is 1. The Morgan fingerprint density at radius 2 is 2.15 bits per heavy atom. The van der Waals surface area contributed by atoms with Crippen LogP contribution in [0.1, 0.15) is 36.6 Å². The van der Waals surface area contributed by atoms with Crippen molar-refractivity contribution in [3.05, 3.63) is 41.1 Å². The van der Waals surface area contributed by atoms with Gasteiger partial charge in [0.1, 0.15) is 5.69 Å². The number of nitriles is 1. The number of aromatic nitrogens is 2. The largest absolute Gasteiger partial charge is 0.467 e. The van der Waals surface area contributed by atoms with Crippen molar-refractivity contribution in [1.82, 2.24) is 14.9 Å². The van der Waals surface area contributed by atoms with E-state index >= 15 is 0 Å². The number of benzene rings is 1. The van der Waals surface area contributed by atoms with E-state index in [9.17, 15) is 14.9 Å². The predicted octanol–water partition coefficient (Wildman–Crippen LogP) is 1.81. The Hall–Kier alpha value is -3.67. The Labute approximate surface area is 192 Å². The quantitative estimate of drug-likeness (QED) is 0.765. The molecular weight excluding hydrogens is 420 g/mol. The monoisotopic (exact) mass is 446 g/mol. The SMILES string of the molecule is COc1nc2c(c(N3CCN(C(C)=O)C(CC#N)C3)n1)NC(=O)C1(CCc3ccccc31)C2. The zero-order valence-electron chi connectivity index (χ0n) is 18.8. The molecule has 3 aliphatic rings. The van der Waals surface area contributed by atoms with Crippen LogP contribution in [0.2, 0.25) is 0 Å². The summed E-state index contributed by atoms with van der Waals surface area (Å²) in [6.45, 7) is 2.99. The molecule has 1 aliphatic carbocycles. The van der Waals surface area contributed by atoms with Crippen LogP contribution in [0.25, 0.3) is 0 Å². The first-order chi connectivity index (χ1) is 16.0. The number of hydrogen-bond acceptors (Lipinski definition) is 7. The summed E-state index contributed by atoms with van der Waals surface area (Å²) in [5.41, 5.74) is 2.98. The van der Waals surface area contributed by atoms with Gasteiger partial charge in [0.05, 0.1) is 36.8 Å². The highest BCUT2D eigenvalue weighted by Crippen LogP contribution is 2.47. The summed E-state index contributed by atoms with van der Waals surface area (Å²) in [5, 5.41) is 12.4. The van der Waals surface area contributed by atoms with Crippen LogP contribution in [0.4, 0.5) is 11.5 Å². The van der Waals surface area contributed by atoms with E-state index in [1.165, 1.54) is 19.6 Å². The lowest BCUT2D eigenvalue weighted by Gasteiger charge is -2.42. The zero-order valence-corrected chi connectivity index (χ0v) is 18.8. The molecule has 33 heavy (non-hydrogen) atoms. The lowest BCUT2D eigenvalue weighted by atomic mass is 9.74. The zero-order chi connectivity index (χ0) is 23.2. The Kier molecular flexibility index (Phi) is 5.16.